The van der Waals surface area contributed by atoms with E-state index < -0.39 is 0 Å². The molecule has 1 amide bonds. The summed E-state index contributed by atoms with van der Waals surface area (Å²) in [5, 5.41) is 3.77. The van der Waals surface area contributed by atoms with Crippen molar-refractivity contribution in [3.63, 3.8) is 0 Å². The Hall–Kier alpha value is -1.06. The first-order valence-corrected chi connectivity index (χ1v) is 8.93. The Kier molecular flexibility index (Phi) is 3.87. The molecule has 0 spiro atoms. The highest BCUT2D eigenvalue weighted by Crippen LogP contribution is 2.41. The highest BCUT2D eigenvalue weighted by atomic mass is 35.5. The van der Waals surface area contributed by atoms with Crippen molar-refractivity contribution in [2.75, 3.05) is 0 Å². The van der Waals surface area contributed by atoms with E-state index in [-0.39, 0.29) is 5.91 Å². The first kappa shape index (κ1) is 14.5. The maximum absolute atomic E-state index is 12.5. The van der Waals surface area contributed by atoms with Crippen LogP contribution in [-0.4, -0.2) is 35.0 Å². The smallest absolute Gasteiger partial charge is 0.253 e. The first-order chi connectivity index (χ1) is 10.7. The summed E-state index contributed by atoms with van der Waals surface area (Å²) in [6.45, 7) is 0. The standard InChI is InChI=1S/C18H23ClN2O/c19-17-7-2-1-6-16(17)18(22)20-12-10-14-4-3-5-15(11-12)21(14)13-8-9-13/h1-2,6-7,12-15H,3-5,8-11H2,(H,20,22)/t12?,14-,15+. The fraction of sp³-hybridized carbons (Fsp3) is 0.611. The van der Waals surface area contributed by atoms with Crippen LogP contribution in [0.25, 0.3) is 0 Å². The van der Waals surface area contributed by atoms with E-state index in [0.29, 0.717) is 28.7 Å². The molecule has 1 aromatic rings. The van der Waals surface area contributed by atoms with Crippen molar-refractivity contribution < 1.29 is 4.79 Å². The SMILES string of the molecule is O=C(NC1C[C@H]2CCC[C@@H](C1)N2C1CC1)c1ccccc1Cl. The van der Waals surface area contributed by atoms with E-state index in [9.17, 15) is 4.79 Å². The quantitative estimate of drug-likeness (QED) is 0.923. The number of nitrogens with one attached hydrogen (secondary N) is 1. The lowest BCUT2D eigenvalue weighted by Gasteiger charge is -2.49. The van der Waals surface area contributed by atoms with Gasteiger partial charge in [0.1, 0.15) is 0 Å². The van der Waals surface area contributed by atoms with Crippen LogP contribution in [0, 0.1) is 0 Å². The number of hydrogen-bond acceptors (Lipinski definition) is 2. The lowest BCUT2D eigenvalue weighted by atomic mass is 9.81. The Morgan fingerprint density at radius 3 is 2.36 bits per heavy atom. The van der Waals surface area contributed by atoms with Crippen molar-refractivity contribution in [2.45, 2.75) is 69.1 Å². The van der Waals surface area contributed by atoms with Crippen molar-refractivity contribution in [1.82, 2.24) is 10.2 Å². The number of amides is 1. The largest absolute Gasteiger partial charge is 0.349 e. The number of carbonyl (C=O) groups is 1. The van der Waals surface area contributed by atoms with Gasteiger partial charge < -0.3 is 5.32 Å². The zero-order chi connectivity index (χ0) is 15.1. The number of nitrogens with zero attached hydrogens (tertiary/aromatic N) is 1. The van der Waals surface area contributed by atoms with E-state index in [1.54, 1.807) is 12.1 Å². The molecule has 1 unspecified atom stereocenters. The fourth-order valence-electron chi connectivity index (χ4n) is 4.41. The monoisotopic (exact) mass is 318 g/mol. The number of hydrogen-bond donors (Lipinski definition) is 1. The van der Waals surface area contributed by atoms with Crippen LogP contribution >= 0.6 is 11.6 Å². The molecule has 3 aliphatic rings. The fourth-order valence-corrected chi connectivity index (χ4v) is 4.63. The Morgan fingerprint density at radius 2 is 1.73 bits per heavy atom. The van der Waals surface area contributed by atoms with Gasteiger partial charge in [-0.3, -0.25) is 9.69 Å². The lowest BCUT2D eigenvalue weighted by molar-refractivity contribution is 0.0175. The number of halogens is 1. The lowest BCUT2D eigenvalue weighted by Crippen LogP contribution is -2.57. The summed E-state index contributed by atoms with van der Waals surface area (Å²) in [7, 11) is 0. The molecule has 0 aromatic heterocycles. The van der Waals surface area contributed by atoms with Gasteiger partial charge in [-0.1, -0.05) is 30.2 Å². The zero-order valence-electron chi connectivity index (χ0n) is 12.8. The van der Waals surface area contributed by atoms with Gasteiger partial charge in [-0.25, -0.2) is 0 Å². The molecule has 22 heavy (non-hydrogen) atoms. The summed E-state index contributed by atoms with van der Waals surface area (Å²) in [6, 6.07) is 9.80. The van der Waals surface area contributed by atoms with Gasteiger partial charge >= 0.3 is 0 Å². The predicted octanol–water partition coefficient (Wildman–Crippen LogP) is 3.62. The van der Waals surface area contributed by atoms with Crippen molar-refractivity contribution in [2.24, 2.45) is 0 Å². The van der Waals surface area contributed by atoms with Gasteiger partial charge in [-0.2, -0.15) is 0 Å². The molecule has 4 heteroatoms. The maximum atomic E-state index is 12.5. The van der Waals surface area contributed by atoms with Gasteiger partial charge in [0.05, 0.1) is 10.6 Å². The van der Waals surface area contributed by atoms with Gasteiger partial charge in [0.15, 0.2) is 0 Å². The molecule has 3 nitrogen and oxygen atoms in total. The number of carbonyl (C=O) groups excluding carboxylic acids is 1. The van der Waals surface area contributed by atoms with E-state index in [1.807, 2.05) is 12.1 Å². The van der Waals surface area contributed by atoms with Crippen LogP contribution in [0.3, 0.4) is 0 Å². The summed E-state index contributed by atoms with van der Waals surface area (Å²) < 4.78 is 0. The van der Waals surface area contributed by atoms with Gasteiger partial charge in [0.2, 0.25) is 0 Å². The van der Waals surface area contributed by atoms with Crippen LogP contribution in [0.4, 0.5) is 0 Å². The van der Waals surface area contributed by atoms with Crippen molar-refractivity contribution >= 4 is 17.5 Å². The minimum Gasteiger partial charge on any atom is -0.349 e. The molecular weight excluding hydrogens is 296 g/mol. The highest BCUT2D eigenvalue weighted by molar-refractivity contribution is 6.33. The Bertz CT molecular complexity index is 558. The van der Waals surface area contributed by atoms with Crippen LogP contribution in [-0.2, 0) is 0 Å². The van der Waals surface area contributed by atoms with Gasteiger partial charge in [-0.15, -0.1) is 0 Å². The molecule has 2 heterocycles. The van der Waals surface area contributed by atoms with E-state index >= 15 is 0 Å². The minimum absolute atomic E-state index is 0.0199. The van der Waals surface area contributed by atoms with E-state index in [0.717, 1.165) is 18.9 Å². The van der Waals surface area contributed by atoms with Crippen LogP contribution in [0.1, 0.15) is 55.3 Å². The predicted molar refractivity (Wildman–Crippen MR) is 88.2 cm³/mol. The summed E-state index contributed by atoms with van der Waals surface area (Å²) in [4.78, 5) is 15.3. The Balaban J connectivity index is 1.44. The number of fused-ring (bicyclic) bond motifs is 2. The second-order valence-electron chi connectivity index (χ2n) is 7.04. The third kappa shape index (κ3) is 2.77. The molecule has 118 valence electrons. The topological polar surface area (TPSA) is 32.3 Å². The van der Waals surface area contributed by atoms with Crippen LogP contribution < -0.4 is 5.32 Å². The third-order valence-corrected chi connectivity index (χ3v) is 5.78. The van der Waals surface area contributed by atoms with Crippen molar-refractivity contribution in [1.29, 1.82) is 0 Å². The zero-order valence-corrected chi connectivity index (χ0v) is 13.6. The Morgan fingerprint density at radius 1 is 1.05 bits per heavy atom. The van der Waals surface area contributed by atoms with Crippen molar-refractivity contribution in [3.05, 3.63) is 34.9 Å². The summed E-state index contributed by atoms with van der Waals surface area (Å²) in [5.74, 6) is -0.0199. The molecule has 2 aliphatic heterocycles. The molecule has 2 saturated heterocycles. The van der Waals surface area contributed by atoms with Gasteiger partial charge in [0, 0.05) is 24.2 Å². The van der Waals surface area contributed by atoms with Gasteiger partial charge in [-0.05, 0) is 50.7 Å². The molecule has 1 saturated carbocycles. The van der Waals surface area contributed by atoms with Crippen LogP contribution in [0.15, 0.2) is 24.3 Å². The van der Waals surface area contributed by atoms with E-state index in [2.05, 4.69) is 10.2 Å². The molecular formula is C18H23ClN2O. The minimum atomic E-state index is -0.0199. The van der Waals surface area contributed by atoms with Crippen LogP contribution in [0.5, 0.6) is 0 Å². The summed E-state index contributed by atoms with van der Waals surface area (Å²) in [5.41, 5.74) is 0.596. The molecule has 1 aliphatic carbocycles. The number of piperidine rings is 2. The van der Waals surface area contributed by atoms with Crippen LogP contribution in [0.2, 0.25) is 5.02 Å². The van der Waals surface area contributed by atoms with Crippen molar-refractivity contribution in [3.8, 4) is 0 Å². The molecule has 1 N–H and O–H groups in total. The normalized spacial score (nSPS) is 31.8. The second-order valence-corrected chi connectivity index (χ2v) is 7.45. The maximum Gasteiger partial charge on any atom is 0.253 e. The average molecular weight is 319 g/mol. The number of benzene rings is 1. The first-order valence-electron chi connectivity index (χ1n) is 8.55. The molecule has 3 atom stereocenters. The summed E-state index contributed by atoms with van der Waals surface area (Å²) >= 11 is 6.14. The molecule has 4 rings (SSSR count). The van der Waals surface area contributed by atoms with E-state index in [4.69, 9.17) is 11.6 Å². The Labute approximate surface area is 137 Å². The second kappa shape index (κ2) is 5.86. The molecule has 2 bridgehead atoms. The third-order valence-electron chi connectivity index (χ3n) is 5.45. The number of rotatable bonds is 3. The summed E-state index contributed by atoms with van der Waals surface area (Å²) in [6.07, 6.45) is 8.90. The molecule has 0 radical (unpaired) electrons. The highest BCUT2D eigenvalue weighted by Gasteiger charge is 2.45. The molecule has 1 aromatic carbocycles. The average Bonchev–Trinajstić information content (AvgIpc) is 3.31. The molecule has 3 fully saturated rings. The van der Waals surface area contributed by atoms with Gasteiger partial charge in [0.25, 0.3) is 5.91 Å². The van der Waals surface area contributed by atoms with E-state index in [1.165, 1.54) is 32.1 Å².